The fraction of sp³-hybridized carbons (Fsp3) is 0.600. The largest absolute Gasteiger partial charge is 0.381 e. The van der Waals surface area contributed by atoms with Crippen molar-refractivity contribution >= 4 is 0 Å². The van der Waals surface area contributed by atoms with E-state index in [1.165, 1.54) is 11.1 Å². The second-order valence-corrected chi connectivity index (χ2v) is 5.23. The Hall–Kier alpha value is -0.940. The number of aryl methyl sites for hydroxylation is 1. The molecule has 1 saturated heterocycles. The van der Waals surface area contributed by atoms with Gasteiger partial charge in [0, 0.05) is 33.2 Å². The minimum atomic E-state index is -0.227. The molecule has 0 aromatic heterocycles. The third-order valence-corrected chi connectivity index (χ3v) is 4.27. The van der Waals surface area contributed by atoms with Crippen LogP contribution in [0, 0.1) is 6.92 Å². The first-order valence-electron chi connectivity index (χ1n) is 6.85. The summed E-state index contributed by atoms with van der Waals surface area (Å²) < 4.78 is 11.3. The van der Waals surface area contributed by atoms with E-state index in [2.05, 4.69) is 36.6 Å². The molecule has 19 heavy (non-hydrogen) atoms. The van der Waals surface area contributed by atoms with Gasteiger partial charge in [-0.3, -0.25) is 11.3 Å². The molecule has 1 heterocycles. The molecule has 4 nitrogen and oxygen atoms in total. The fourth-order valence-corrected chi connectivity index (χ4v) is 2.87. The molecule has 1 aromatic carbocycles. The molecule has 1 fully saturated rings. The summed E-state index contributed by atoms with van der Waals surface area (Å²) in [4.78, 5) is 0. The summed E-state index contributed by atoms with van der Waals surface area (Å²) >= 11 is 0. The lowest BCUT2D eigenvalue weighted by molar-refractivity contribution is -0.110. The Balaban J connectivity index is 2.17. The van der Waals surface area contributed by atoms with Gasteiger partial charge in [0.1, 0.15) is 0 Å². The summed E-state index contributed by atoms with van der Waals surface area (Å²) in [5.74, 6) is 5.79. The van der Waals surface area contributed by atoms with Gasteiger partial charge >= 0.3 is 0 Å². The molecule has 0 radical (unpaired) electrons. The summed E-state index contributed by atoms with van der Waals surface area (Å²) in [7, 11) is 1.77. The van der Waals surface area contributed by atoms with E-state index in [1.54, 1.807) is 7.11 Å². The number of hydrazine groups is 1. The van der Waals surface area contributed by atoms with E-state index in [0.29, 0.717) is 0 Å². The van der Waals surface area contributed by atoms with Crippen LogP contribution in [0.2, 0.25) is 0 Å². The maximum Gasteiger partial charge on any atom is 0.0891 e. The van der Waals surface area contributed by atoms with Crippen molar-refractivity contribution < 1.29 is 9.47 Å². The van der Waals surface area contributed by atoms with Gasteiger partial charge in [-0.05, 0) is 24.5 Å². The zero-order valence-electron chi connectivity index (χ0n) is 11.8. The Morgan fingerprint density at radius 2 is 2.05 bits per heavy atom. The minimum absolute atomic E-state index is 0.0995. The Labute approximate surface area is 115 Å². The number of ether oxygens (including phenoxy) is 2. The monoisotopic (exact) mass is 264 g/mol. The van der Waals surface area contributed by atoms with E-state index in [-0.39, 0.29) is 11.6 Å². The molecule has 1 atom stereocenters. The highest BCUT2D eigenvalue weighted by Gasteiger charge is 2.40. The summed E-state index contributed by atoms with van der Waals surface area (Å²) in [5.41, 5.74) is 5.34. The van der Waals surface area contributed by atoms with Crippen LogP contribution in [0.25, 0.3) is 0 Å². The van der Waals surface area contributed by atoms with Gasteiger partial charge in [0.25, 0.3) is 0 Å². The van der Waals surface area contributed by atoms with Gasteiger partial charge in [-0.1, -0.05) is 24.3 Å². The molecular weight excluding hydrogens is 240 g/mol. The van der Waals surface area contributed by atoms with Gasteiger partial charge in [-0.15, -0.1) is 0 Å². The highest BCUT2D eigenvalue weighted by molar-refractivity contribution is 5.27. The Morgan fingerprint density at radius 3 is 2.63 bits per heavy atom. The molecule has 0 amide bonds. The molecule has 106 valence electrons. The van der Waals surface area contributed by atoms with E-state index < -0.39 is 0 Å². The topological polar surface area (TPSA) is 56.5 Å². The average Bonchev–Trinajstić information content (AvgIpc) is 2.47. The first kappa shape index (κ1) is 14.5. The first-order chi connectivity index (χ1) is 9.22. The van der Waals surface area contributed by atoms with Crippen molar-refractivity contribution in [3.63, 3.8) is 0 Å². The van der Waals surface area contributed by atoms with Gasteiger partial charge in [-0.2, -0.15) is 0 Å². The van der Waals surface area contributed by atoms with Gasteiger partial charge in [0.2, 0.25) is 0 Å². The maximum atomic E-state index is 5.82. The first-order valence-corrected chi connectivity index (χ1v) is 6.85. The number of nitrogens with one attached hydrogen (secondary N) is 1. The summed E-state index contributed by atoms with van der Waals surface area (Å²) in [6.07, 6.45) is 2.63. The third kappa shape index (κ3) is 3.15. The normalized spacial score (nSPS) is 20.2. The highest BCUT2D eigenvalue weighted by Crippen LogP contribution is 2.30. The number of nitrogens with two attached hydrogens (primary N) is 1. The molecule has 0 bridgehead atoms. The van der Waals surface area contributed by atoms with Crippen molar-refractivity contribution in [3.05, 3.63) is 35.4 Å². The molecule has 3 N–H and O–H groups in total. The predicted molar refractivity (Wildman–Crippen MR) is 75.8 cm³/mol. The van der Waals surface area contributed by atoms with Crippen molar-refractivity contribution in [2.45, 2.75) is 37.8 Å². The molecule has 1 unspecified atom stereocenters. The van der Waals surface area contributed by atoms with Crippen molar-refractivity contribution in [2.75, 3.05) is 20.3 Å². The molecular formula is C15H24N2O2. The summed E-state index contributed by atoms with van der Waals surface area (Å²) in [6.45, 7) is 3.60. The van der Waals surface area contributed by atoms with Crippen LogP contribution < -0.4 is 11.3 Å². The second kappa shape index (κ2) is 6.48. The number of methoxy groups -OCH3 is 1. The molecule has 0 aliphatic carbocycles. The third-order valence-electron chi connectivity index (χ3n) is 4.27. The van der Waals surface area contributed by atoms with Crippen molar-refractivity contribution in [1.29, 1.82) is 0 Å². The quantitative estimate of drug-likeness (QED) is 0.626. The van der Waals surface area contributed by atoms with E-state index in [0.717, 1.165) is 32.5 Å². The van der Waals surface area contributed by atoms with Gasteiger partial charge < -0.3 is 9.47 Å². The van der Waals surface area contributed by atoms with Crippen LogP contribution in [0.3, 0.4) is 0 Å². The van der Waals surface area contributed by atoms with E-state index in [4.69, 9.17) is 15.3 Å². The van der Waals surface area contributed by atoms with E-state index >= 15 is 0 Å². The molecule has 2 rings (SSSR count). The lowest BCUT2D eigenvalue weighted by Gasteiger charge is -2.42. The molecule has 0 spiro atoms. The molecule has 1 aliphatic heterocycles. The number of rotatable bonds is 5. The van der Waals surface area contributed by atoms with Crippen molar-refractivity contribution in [1.82, 2.24) is 5.43 Å². The van der Waals surface area contributed by atoms with Crippen LogP contribution in [0.5, 0.6) is 0 Å². The number of benzene rings is 1. The van der Waals surface area contributed by atoms with Crippen LogP contribution in [-0.4, -0.2) is 32.0 Å². The van der Waals surface area contributed by atoms with E-state index in [9.17, 15) is 0 Å². The lowest BCUT2D eigenvalue weighted by atomic mass is 9.82. The average molecular weight is 264 g/mol. The van der Waals surface area contributed by atoms with E-state index in [1.807, 2.05) is 0 Å². The highest BCUT2D eigenvalue weighted by atomic mass is 16.5. The molecule has 4 heteroatoms. The zero-order chi connectivity index (χ0) is 13.7. The van der Waals surface area contributed by atoms with Crippen LogP contribution in [-0.2, 0) is 15.9 Å². The van der Waals surface area contributed by atoms with Crippen LogP contribution in [0.1, 0.15) is 24.0 Å². The predicted octanol–water partition coefficient (Wildman–Crippen LogP) is 1.57. The number of hydrogen-bond acceptors (Lipinski definition) is 4. The lowest BCUT2D eigenvalue weighted by Crippen LogP contribution is -2.58. The Morgan fingerprint density at radius 1 is 1.37 bits per heavy atom. The van der Waals surface area contributed by atoms with Crippen LogP contribution in [0.15, 0.2) is 24.3 Å². The standard InChI is InChI=1S/C15H24N2O2/c1-12-5-3-4-6-13(12)11-14(17-16)15(18-2)7-9-19-10-8-15/h3-6,14,17H,7-11,16H2,1-2H3. The minimum Gasteiger partial charge on any atom is -0.381 e. The summed E-state index contributed by atoms with van der Waals surface area (Å²) in [6, 6.07) is 8.51. The molecule has 1 aliphatic rings. The number of hydrogen-bond donors (Lipinski definition) is 2. The molecule has 1 aromatic rings. The zero-order valence-corrected chi connectivity index (χ0v) is 11.8. The van der Waals surface area contributed by atoms with Crippen LogP contribution >= 0.6 is 0 Å². The molecule has 0 saturated carbocycles. The maximum absolute atomic E-state index is 5.82. The smallest absolute Gasteiger partial charge is 0.0891 e. The Bertz CT molecular complexity index is 403. The summed E-state index contributed by atoms with van der Waals surface area (Å²) in [5, 5.41) is 0. The van der Waals surface area contributed by atoms with Gasteiger partial charge in [0.15, 0.2) is 0 Å². The van der Waals surface area contributed by atoms with Gasteiger partial charge in [0.05, 0.1) is 11.6 Å². The Kier molecular flexibility index (Phi) is 4.93. The SMILES string of the molecule is COC1(C(Cc2ccccc2C)NN)CCOCC1. The van der Waals surface area contributed by atoms with Crippen LogP contribution in [0.4, 0.5) is 0 Å². The van der Waals surface area contributed by atoms with Crippen molar-refractivity contribution in [3.8, 4) is 0 Å². The second-order valence-electron chi connectivity index (χ2n) is 5.23. The fourth-order valence-electron chi connectivity index (χ4n) is 2.87. The van der Waals surface area contributed by atoms with Gasteiger partial charge in [-0.25, -0.2) is 0 Å². The van der Waals surface area contributed by atoms with Crippen molar-refractivity contribution in [2.24, 2.45) is 5.84 Å².